The Hall–Kier alpha value is -0.990. The number of rotatable bonds is 1. The molecule has 1 rings (SSSR count). The minimum absolute atomic E-state index is 0.0197. The van der Waals surface area contributed by atoms with Gasteiger partial charge in [-0.1, -0.05) is 0 Å². The molecule has 0 spiro atoms. The molecule has 0 aromatic carbocycles. The lowest BCUT2D eigenvalue weighted by atomic mass is 10.1. The van der Waals surface area contributed by atoms with Crippen LogP contribution in [0.15, 0.2) is 0 Å². The van der Waals surface area contributed by atoms with E-state index in [2.05, 4.69) is 0 Å². The van der Waals surface area contributed by atoms with Crippen molar-refractivity contribution in [1.29, 1.82) is 0 Å². The van der Waals surface area contributed by atoms with Gasteiger partial charge in [-0.25, -0.2) is 0 Å². The van der Waals surface area contributed by atoms with Crippen LogP contribution in [-0.4, -0.2) is 47.5 Å². The number of carbonyl (C=O) groups is 1. The number of alkyl halides is 6. The Bertz CT molecular complexity index is 285. The predicted octanol–water partition coefficient (Wildman–Crippen LogP) is 1.32. The fraction of sp³-hybridized carbons (Fsp3) is 0.875. The standard InChI is InChI=1S/C8H9F6NO2/c9-7(10,11)5(8(12,13)14)6(17)15-2-1-4(16)3-15/h4-5,16H,1-3H2/t4-/m1/s1. The molecule has 1 N–H and O–H groups in total. The topological polar surface area (TPSA) is 40.5 Å². The lowest BCUT2D eigenvalue weighted by molar-refractivity contribution is -0.277. The van der Waals surface area contributed by atoms with Crippen LogP contribution in [0, 0.1) is 5.92 Å². The Labute approximate surface area is 92.0 Å². The summed E-state index contributed by atoms with van der Waals surface area (Å²) in [5.41, 5.74) is 0. The van der Waals surface area contributed by atoms with E-state index in [1.807, 2.05) is 0 Å². The predicted molar refractivity (Wildman–Crippen MR) is 42.8 cm³/mol. The third-order valence-electron chi connectivity index (χ3n) is 2.38. The molecule has 0 unspecified atom stereocenters. The minimum Gasteiger partial charge on any atom is -0.391 e. The van der Waals surface area contributed by atoms with Gasteiger partial charge in [0.2, 0.25) is 11.8 Å². The van der Waals surface area contributed by atoms with E-state index in [4.69, 9.17) is 5.11 Å². The van der Waals surface area contributed by atoms with Crippen molar-refractivity contribution in [2.24, 2.45) is 5.92 Å². The molecule has 1 aliphatic heterocycles. The van der Waals surface area contributed by atoms with Gasteiger partial charge in [-0.2, -0.15) is 26.3 Å². The van der Waals surface area contributed by atoms with E-state index in [9.17, 15) is 31.1 Å². The lowest BCUT2D eigenvalue weighted by Crippen LogP contribution is -2.49. The van der Waals surface area contributed by atoms with Crippen LogP contribution in [0.1, 0.15) is 6.42 Å². The number of likely N-dealkylation sites (tertiary alicyclic amines) is 1. The highest BCUT2D eigenvalue weighted by molar-refractivity contribution is 5.80. The number of halogens is 6. The number of nitrogens with zero attached hydrogens (tertiary/aromatic N) is 1. The monoisotopic (exact) mass is 265 g/mol. The van der Waals surface area contributed by atoms with Gasteiger partial charge in [0, 0.05) is 13.1 Å². The van der Waals surface area contributed by atoms with Gasteiger partial charge in [-0.15, -0.1) is 0 Å². The molecule has 1 fully saturated rings. The number of aliphatic hydroxyl groups is 1. The smallest absolute Gasteiger partial charge is 0.391 e. The van der Waals surface area contributed by atoms with Gasteiger partial charge in [0.15, 0.2) is 0 Å². The average molecular weight is 265 g/mol. The molecular weight excluding hydrogens is 256 g/mol. The summed E-state index contributed by atoms with van der Waals surface area (Å²) in [6, 6.07) is 0. The summed E-state index contributed by atoms with van der Waals surface area (Å²) in [5, 5.41) is 8.98. The van der Waals surface area contributed by atoms with Gasteiger partial charge in [0.1, 0.15) is 0 Å². The van der Waals surface area contributed by atoms with Crippen molar-refractivity contribution >= 4 is 5.91 Å². The van der Waals surface area contributed by atoms with Crippen molar-refractivity contribution in [1.82, 2.24) is 4.90 Å². The summed E-state index contributed by atoms with van der Waals surface area (Å²) in [7, 11) is 0. The zero-order chi connectivity index (χ0) is 13.4. The van der Waals surface area contributed by atoms with E-state index < -0.39 is 36.8 Å². The molecule has 0 aliphatic carbocycles. The Morgan fingerprint density at radius 3 is 1.94 bits per heavy atom. The summed E-state index contributed by atoms with van der Waals surface area (Å²) in [5.74, 6) is -6.07. The largest absolute Gasteiger partial charge is 0.409 e. The fourth-order valence-electron chi connectivity index (χ4n) is 1.59. The van der Waals surface area contributed by atoms with Crippen molar-refractivity contribution in [3.05, 3.63) is 0 Å². The van der Waals surface area contributed by atoms with Gasteiger partial charge in [-0.3, -0.25) is 4.79 Å². The molecule has 0 radical (unpaired) electrons. The van der Waals surface area contributed by atoms with Gasteiger partial charge in [-0.05, 0) is 6.42 Å². The maximum absolute atomic E-state index is 12.2. The zero-order valence-electron chi connectivity index (χ0n) is 8.35. The fourth-order valence-corrected chi connectivity index (χ4v) is 1.59. The van der Waals surface area contributed by atoms with Crippen LogP contribution in [0.5, 0.6) is 0 Å². The number of hydrogen-bond donors (Lipinski definition) is 1. The Kier molecular flexibility index (Phi) is 3.60. The van der Waals surface area contributed by atoms with E-state index in [1.165, 1.54) is 0 Å². The number of aliphatic hydroxyl groups excluding tert-OH is 1. The molecule has 3 nitrogen and oxygen atoms in total. The third kappa shape index (κ3) is 3.24. The number of amides is 1. The number of hydrogen-bond acceptors (Lipinski definition) is 2. The average Bonchev–Trinajstić information content (AvgIpc) is 2.45. The van der Waals surface area contributed by atoms with Crippen LogP contribution in [-0.2, 0) is 4.79 Å². The van der Waals surface area contributed by atoms with Crippen LogP contribution in [0.2, 0.25) is 0 Å². The van der Waals surface area contributed by atoms with Crippen LogP contribution in [0.3, 0.4) is 0 Å². The van der Waals surface area contributed by atoms with Crippen molar-refractivity contribution < 1.29 is 36.2 Å². The molecule has 0 aromatic heterocycles. The quantitative estimate of drug-likeness (QED) is 0.726. The van der Waals surface area contributed by atoms with E-state index >= 15 is 0 Å². The van der Waals surface area contributed by atoms with Crippen molar-refractivity contribution in [2.75, 3.05) is 13.1 Å². The first-order valence-electron chi connectivity index (χ1n) is 4.63. The van der Waals surface area contributed by atoms with Crippen LogP contribution in [0.25, 0.3) is 0 Å². The Balaban J connectivity index is 2.89. The normalized spacial score (nSPS) is 22.4. The lowest BCUT2D eigenvalue weighted by Gasteiger charge is -2.26. The van der Waals surface area contributed by atoms with Crippen LogP contribution >= 0.6 is 0 Å². The second kappa shape index (κ2) is 4.35. The highest BCUT2D eigenvalue weighted by Gasteiger charge is 2.62. The third-order valence-corrected chi connectivity index (χ3v) is 2.38. The first-order valence-corrected chi connectivity index (χ1v) is 4.63. The van der Waals surface area contributed by atoms with E-state index in [0.717, 1.165) is 0 Å². The molecular formula is C8H9F6NO2. The molecule has 9 heteroatoms. The summed E-state index contributed by atoms with van der Waals surface area (Å²) in [6.07, 6.45) is -12.4. The maximum atomic E-state index is 12.2. The summed E-state index contributed by atoms with van der Waals surface area (Å²) < 4.78 is 73.1. The first-order chi connectivity index (χ1) is 7.53. The molecule has 1 heterocycles. The molecule has 1 atom stereocenters. The molecule has 100 valence electrons. The summed E-state index contributed by atoms with van der Waals surface area (Å²) >= 11 is 0. The Morgan fingerprint density at radius 1 is 1.18 bits per heavy atom. The molecule has 17 heavy (non-hydrogen) atoms. The Morgan fingerprint density at radius 2 is 1.65 bits per heavy atom. The molecule has 1 saturated heterocycles. The number of β-amino-alcohol motifs (C(OH)–C–C–N with tert-alkyl or cyclic N) is 1. The molecule has 0 bridgehead atoms. The van der Waals surface area contributed by atoms with E-state index in [-0.39, 0.29) is 13.0 Å². The van der Waals surface area contributed by atoms with Gasteiger partial charge < -0.3 is 10.0 Å². The molecule has 0 aromatic rings. The molecule has 1 amide bonds. The van der Waals surface area contributed by atoms with Gasteiger partial charge in [0.05, 0.1) is 6.10 Å². The van der Waals surface area contributed by atoms with Gasteiger partial charge in [0.25, 0.3) is 0 Å². The number of carbonyl (C=O) groups excluding carboxylic acids is 1. The van der Waals surface area contributed by atoms with Gasteiger partial charge >= 0.3 is 12.4 Å². The van der Waals surface area contributed by atoms with E-state index in [1.54, 1.807) is 0 Å². The SMILES string of the molecule is O=C(C(C(F)(F)F)C(F)(F)F)N1CC[C@@H](O)C1. The summed E-state index contributed by atoms with van der Waals surface area (Å²) in [4.78, 5) is 11.5. The second-order valence-corrected chi connectivity index (χ2v) is 3.74. The summed E-state index contributed by atoms with van der Waals surface area (Å²) in [6.45, 7) is -0.801. The first kappa shape index (κ1) is 14.1. The van der Waals surface area contributed by atoms with Crippen LogP contribution in [0.4, 0.5) is 26.3 Å². The zero-order valence-corrected chi connectivity index (χ0v) is 8.35. The van der Waals surface area contributed by atoms with Crippen molar-refractivity contribution in [2.45, 2.75) is 24.9 Å². The minimum atomic E-state index is -5.68. The second-order valence-electron chi connectivity index (χ2n) is 3.74. The van der Waals surface area contributed by atoms with Crippen molar-refractivity contribution in [3.8, 4) is 0 Å². The maximum Gasteiger partial charge on any atom is 0.409 e. The van der Waals surface area contributed by atoms with Crippen molar-refractivity contribution in [3.63, 3.8) is 0 Å². The highest BCUT2D eigenvalue weighted by Crippen LogP contribution is 2.40. The van der Waals surface area contributed by atoms with E-state index in [0.29, 0.717) is 4.90 Å². The highest BCUT2D eigenvalue weighted by atomic mass is 19.4. The molecule has 1 aliphatic rings. The molecule has 0 saturated carbocycles. The van der Waals surface area contributed by atoms with Crippen LogP contribution < -0.4 is 0 Å².